The molecule has 0 aliphatic heterocycles. The van der Waals surface area contributed by atoms with Gasteiger partial charge in [0.15, 0.2) is 0 Å². The molecule has 1 N–H and O–H groups in total. The van der Waals surface area contributed by atoms with Gasteiger partial charge < -0.3 is 14.8 Å². The first-order chi connectivity index (χ1) is 14.7. The van der Waals surface area contributed by atoms with Gasteiger partial charge in [-0.1, -0.05) is 31.2 Å². The number of hydrogen-bond acceptors (Lipinski definition) is 5. The first kappa shape index (κ1) is 24.5. The minimum Gasteiger partial charge on any atom is -0.496 e. The van der Waals surface area contributed by atoms with E-state index in [1.807, 2.05) is 32.0 Å². The number of benzene rings is 2. The van der Waals surface area contributed by atoms with Gasteiger partial charge in [0.1, 0.15) is 11.5 Å². The van der Waals surface area contributed by atoms with E-state index in [1.165, 1.54) is 11.4 Å². The van der Waals surface area contributed by atoms with Crippen LogP contribution in [0.2, 0.25) is 0 Å². The molecule has 170 valence electrons. The molecule has 8 heteroatoms. The third-order valence-corrected chi connectivity index (χ3v) is 6.26. The fourth-order valence-electron chi connectivity index (χ4n) is 3.49. The van der Waals surface area contributed by atoms with Crippen LogP contribution in [-0.2, 0) is 14.8 Å². The van der Waals surface area contributed by atoms with Crippen LogP contribution >= 0.6 is 0 Å². The van der Waals surface area contributed by atoms with E-state index in [1.54, 1.807) is 31.4 Å². The highest BCUT2D eigenvalue weighted by atomic mass is 32.2. The van der Waals surface area contributed by atoms with Crippen LogP contribution in [-0.4, -0.2) is 41.3 Å². The van der Waals surface area contributed by atoms with Gasteiger partial charge in [0.05, 0.1) is 32.2 Å². The number of carbonyl (C=O) groups excluding carboxylic acids is 1. The largest absolute Gasteiger partial charge is 0.496 e. The Labute approximate surface area is 185 Å². The Bertz CT molecular complexity index is 991. The fourth-order valence-corrected chi connectivity index (χ4v) is 4.46. The summed E-state index contributed by atoms with van der Waals surface area (Å²) < 4.78 is 36.5. The van der Waals surface area contributed by atoms with Crippen molar-refractivity contribution >= 4 is 21.6 Å². The molecule has 2 aromatic rings. The van der Waals surface area contributed by atoms with Gasteiger partial charge >= 0.3 is 0 Å². The molecule has 0 saturated heterocycles. The zero-order valence-corrected chi connectivity index (χ0v) is 19.7. The van der Waals surface area contributed by atoms with E-state index in [0.717, 1.165) is 29.6 Å². The van der Waals surface area contributed by atoms with Crippen molar-refractivity contribution in [2.75, 3.05) is 31.3 Å². The molecule has 1 atom stereocenters. The Hall–Kier alpha value is -2.74. The molecule has 2 aromatic carbocycles. The van der Waals surface area contributed by atoms with Gasteiger partial charge in [-0.2, -0.15) is 0 Å². The molecule has 0 aromatic heterocycles. The molecular weight excluding hydrogens is 416 g/mol. The maximum absolute atomic E-state index is 12.6. The molecule has 0 saturated carbocycles. The predicted octanol–water partition coefficient (Wildman–Crippen LogP) is 3.83. The number of aryl methyl sites for hydroxylation is 1. The number of para-hydroxylation sites is 2. The average Bonchev–Trinajstić information content (AvgIpc) is 2.74. The number of hydrogen-bond donors (Lipinski definition) is 1. The molecule has 7 nitrogen and oxygen atoms in total. The minimum absolute atomic E-state index is 0.114. The lowest BCUT2D eigenvalue weighted by atomic mass is 10.0. The van der Waals surface area contributed by atoms with Crippen LogP contribution in [0, 0.1) is 6.92 Å². The van der Waals surface area contributed by atoms with Crippen LogP contribution < -0.4 is 19.1 Å². The second-order valence-corrected chi connectivity index (χ2v) is 9.27. The standard InChI is InChI=1S/C23H32N2O5S/c1-6-19(18-13-14-21(29-3)17(2)16-18)24-23(26)12-9-15-25(31(5,27)28)20-10-7-8-11-22(20)30-4/h7-8,10-11,13-14,16,19H,6,9,12,15H2,1-5H3,(H,24,26)/t19-/m1/s1. The van der Waals surface area contributed by atoms with Crippen LogP contribution in [0.25, 0.3) is 0 Å². The van der Waals surface area contributed by atoms with Gasteiger partial charge in [0, 0.05) is 13.0 Å². The number of methoxy groups -OCH3 is 2. The molecule has 2 rings (SSSR count). The zero-order valence-electron chi connectivity index (χ0n) is 18.8. The fraction of sp³-hybridized carbons (Fsp3) is 0.435. The van der Waals surface area contributed by atoms with Crippen LogP contribution in [0.1, 0.15) is 43.4 Å². The minimum atomic E-state index is -3.52. The second kappa shape index (κ2) is 11.0. The van der Waals surface area contributed by atoms with Crippen LogP contribution in [0.3, 0.4) is 0 Å². The summed E-state index contributed by atoms with van der Waals surface area (Å²) >= 11 is 0. The Morgan fingerprint density at radius 1 is 1.10 bits per heavy atom. The number of rotatable bonds is 11. The van der Waals surface area contributed by atoms with Gasteiger partial charge in [-0.05, 0) is 49.1 Å². The molecule has 1 amide bonds. The highest BCUT2D eigenvalue weighted by molar-refractivity contribution is 7.92. The van der Waals surface area contributed by atoms with E-state index in [4.69, 9.17) is 9.47 Å². The summed E-state index contributed by atoms with van der Waals surface area (Å²) in [6, 6.07) is 12.7. The Morgan fingerprint density at radius 2 is 1.77 bits per heavy atom. The molecule has 0 unspecified atom stereocenters. The van der Waals surface area contributed by atoms with Crippen molar-refractivity contribution in [2.45, 2.75) is 39.2 Å². The number of nitrogens with zero attached hydrogens (tertiary/aromatic N) is 1. The Morgan fingerprint density at radius 3 is 2.35 bits per heavy atom. The zero-order chi connectivity index (χ0) is 23.0. The second-order valence-electron chi connectivity index (χ2n) is 7.37. The number of nitrogens with one attached hydrogen (secondary N) is 1. The highest BCUT2D eigenvalue weighted by Crippen LogP contribution is 2.30. The summed E-state index contributed by atoms with van der Waals surface area (Å²) in [6.07, 6.45) is 2.49. The lowest BCUT2D eigenvalue weighted by molar-refractivity contribution is -0.121. The topological polar surface area (TPSA) is 84.9 Å². The summed E-state index contributed by atoms with van der Waals surface area (Å²) in [5, 5.41) is 3.05. The SMILES string of the molecule is CC[C@@H](NC(=O)CCCN(c1ccccc1OC)S(C)(=O)=O)c1ccc(OC)c(C)c1. The molecule has 0 spiro atoms. The van der Waals surface area contributed by atoms with E-state index in [9.17, 15) is 13.2 Å². The van der Waals surface area contributed by atoms with Crippen LogP contribution in [0.5, 0.6) is 11.5 Å². The Kier molecular flexibility index (Phi) is 8.74. The maximum atomic E-state index is 12.6. The number of carbonyl (C=O) groups is 1. The summed E-state index contributed by atoms with van der Waals surface area (Å²) in [7, 11) is -0.391. The van der Waals surface area contributed by atoms with Crippen molar-refractivity contribution in [1.82, 2.24) is 5.32 Å². The van der Waals surface area contributed by atoms with Crippen molar-refractivity contribution in [2.24, 2.45) is 0 Å². The predicted molar refractivity (Wildman–Crippen MR) is 123 cm³/mol. The van der Waals surface area contributed by atoms with E-state index < -0.39 is 10.0 Å². The van der Waals surface area contributed by atoms with Gasteiger partial charge in [-0.15, -0.1) is 0 Å². The maximum Gasteiger partial charge on any atom is 0.232 e. The molecule has 0 radical (unpaired) electrons. The van der Waals surface area contributed by atoms with Gasteiger partial charge in [0.2, 0.25) is 15.9 Å². The Balaban J connectivity index is 2.02. The molecule has 0 bridgehead atoms. The smallest absolute Gasteiger partial charge is 0.232 e. The quantitative estimate of drug-likeness (QED) is 0.565. The summed E-state index contributed by atoms with van der Waals surface area (Å²) in [5.74, 6) is 1.16. The molecule has 0 aliphatic carbocycles. The van der Waals surface area contributed by atoms with Crippen molar-refractivity contribution in [1.29, 1.82) is 0 Å². The van der Waals surface area contributed by atoms with Gasteiger partial charge in [-0.25, -0.2) is 8.42 Å². The molecule has 0 aliphatic rings. The third-order valence-electron chi connectivity index (χ3n) is 5.08. The number of amides is 1. The molecule has 31 heavy (non-hydrogen) atoms. The number of anilines is 1. The first-order valence-corrected chi connectivity index (χ1v) is 12.1. The lowest BCUT2D eigenvalue weighted by Gasteiger charge is -2.24. The number of ether oxygens (including phenoxy) is 2. The average molecular weight is 449 g/mol. The van der Waals surface area contributed by atoms with Crippen LogP contribution in [0.4, 0.5) is 5.69 Å². The molecular formula is C23H32N2O5S. The van der Waals surface area contributed by atoms with Crippen molar-refractivity contribution in [3.63, 3.8) is 0 Å². The monoisotopic (exact) mass is 448 g/mol. The van der Waals surface area contributed by atoms with Crippen molar-refractivity contribution < 1.29 is 22.7 Å². The summed E-state index contributed by atoms with van der Waals surface area (Å²) in [6.45, 7) is 4.16. The number of sulfonamides is 1. The lowest BCUT2D eigenvalue weighted by Crippen LogP contribution is -2.33. The summed E-state index contributed by atoms with van der Waals surface area (Å²) in [4.78, 5) is 12.6. The van der Waals surface area contributed by atoms with Gasteiger partial charge in [-0.3, -0.25) is 9.10 Å². The first-order valence-electron chi connectivity index (χ1n) is 10.3. The van der Waals surface area contributed by atoms with Gasteiger partial charge in [0.25, 0.3) is 0 Å². The highest BCUT2D eigenvalue weighted by Gasteiger charge is 2.21. The van der Waals surface area contributed by atoms with Crippen molar-refractivity contribution in [3.05, 3.63) is 53.6 Å². The van der Waals surface area contributed by atoms with Crippen LogP contribution in [0.15, 0.2) is 42.5 Å². The molecule has 0 fully saturated rings. The molecule has 0 heterocycles. The van der Waals surface area contributed by atoms with Crippen molar-refractivity contribution in [3.8, 4) is 11.5 Å². The van der Waals surface area contributed by atoms with E-state index in [2.05, 4.69) is 5.32 Å². The van der Waals surface area contributed by atoms with E-state index >= 15 is 0 Å². The van der Waals surface area contributed by atoms with E-state index in [0.29, 0.717) is 17.9 Å². The third kappa shape index (κ3) is 6.62. The normalized spacial score (nSPS) is 12.2. The summed E-state index contributed by atoms with van der Waals surface area (Å²) in [5.41, 5.74) is 2.49. The van der Waals surface area contributed by atoms with E-state index in [-0.39, 0.29) is 24.9 Å².